The lowest BCUT2D eigenvalue weighted by molar-refractivity contribution is -0.125. The smallest absolute Gasteiger partial charge is 0.271 e. The predicted molar refractivity (Wildman–Crippen MR) is 118 cm³/mol. The summed E-state index contributed by atoms with van der Waals surface area (Å²) in [6.45, 7) is 1.64. The third kappa shape index (κ3) is 5.11. The monoisotopic (exact) mass is 440 g/mol. The molecule has 1 unspecified atom stereocenters. The third-order valence-electron chi connectivity index (χ3n) is 5.31. The molecule has 4 rings (SSSR count). The number of halogens is 2. The molecule has 1 aliphatic heterocycles. The van der Waals surface area contributed by atoms with Crippen LogP contribution in [0.15, 0.2) is 65.5 Å². The Kier molecular flexibility index (Phi) is 6.32. The molecule has 0 aliphatic carbocycles. The molecule has 2 heterocycles. The van der Waals surface area contributed by atoms with Crippen molar-refractivity contribution in [1.29, 1.82) is 0 Å². The molecule has 0 bridgehead atoms. The molecule has 0 spiro atoms. The van der Waals surface area contributed by atoms with Crippen LogP contribution in [0.4, 0.5) is 10.2 Å². The maximum absolute atomic E-state index is 13.6. The first kappa shape index (κ1) is 21.1. The Labute approximate surface area is 184 Å². The molecule has 6 nitrogen and oxygen atoms in total. The summed E-state index contributed by atoms with van der Waals surface area (Å²) in [5.74, 6) is -0.0744. The van der Waals surface area contributed by atoms with Gasteiger partial charge in [0.15, 0.2) is 0 Å². The predicted octanol–water partition coefficient (Wildman–Crippen LogP) is 3.56. The van der Waals surface area contributed by atoms with Crippen LogP contribution < -0.4 is 15.8 Å². The van der Waals surface area contributed by atoms with Crippen LogP contribution in [0.1, 0.15) is 18.4 Å². The van der Waals surface area contributed by atoms with E-state index in [1.807, 2.05) is 23.1 Å². The van der Waals surface area contributed by atoms with Crippen molar-refractivity contribution in [2.24, 2.45) is 5.92 Å². The molecule has 1 saturated heterocycles. The van der Waals surface area contributed by atoms with Gasteiger partial charge in [0.2, 0.25) is 5.91 Å². The number of hydrogen-bond acceptors (Lipinski definition) is 4. The number of hydrogen-bond donors (Lipinski definition) is 1. The van der Waals surface area contributed by atoms with Crippen molar-refractivity contribution in [2.75, 3.05) is 18.0 Å². The zero-order chi connectivity index (χ0) is 21.8. The van der Waals surface area contributed by atoms with Crippen molar-refractivity contribution in [3.05, 3.63) is 87.4 Å². The summed E-state index contributed by atoms with van der Waals surface area (Å²) in [7, 11) is 0. The van der Waals surface area contributed by atoms with Gasteiger partial charge >= 0.3 is 0 Å². The number of benzene rings is 2. The van der Waals surface area contributed by atoms with Crippen molar-refractivity contribution in [3.63, 3.8) is 0 Å². The number of piperidine rings is 1. The summed E-state index contributed by atoms with van der Waals surface area (Å²) in [6, 6.07) is 16.2. The highest BCUT2D eigenvalue weighted by atomic mass is 35.5. The van der Waals surface area contributed by atoms with Crippen LogP contribution >= 0.6 is 11.6 Å². The zero-order valence-corrected chi connectivity index (χ0v) is 17.6. The molecule has 3 aromatic rings. The van der Waals surface area contributed by atoms with Gasteiger partial charge in [-0.1, -0.05) is 29.8 Å². The lowest BCUT2D eigenvalue weighted by atomic mass is 9.97. The topological polar surface area (TPSA) is 67.2 Å². The molecule has 1 N–H and O–H groups in total. The first-order valence-corrected chi connectivity index (χ1v) is 10.5. The van der Waals surface area contributed by atoms with Gasteiger partial charge in [-0.3, -0.25) is 9.59 Å². The lowest BCUT2D eigenvalue weighted by Gasteiger charge is -2.33. The largest absolute Gasteiger partial charge is 0.354 e. The number of anilines is 1. The van der Waals surface area contributed by atoms with E-state index in [0.717, 1.165) is 24.9 Å². The lowest BCUT2D eigenvalue weighted by Crippen LogP contribution is -2.43. The molecule has 31 heavy (non-hydrogen) atoms. The van der Waals surface area contributed by atoms with E-state index >= 15 is 0 Å². The van der Waals surface area contributed by atoms with Gasteiger partial charge in [-0.15, -0.1) is 5.10 Å². The van der Waals surface area contributed by atoms with Gasteiger partial charge in [0, 0.05) is 30.7 Å². The number of nitrogens with zero attached hydrogens (tertiary/aromatic N) is 3. The van der Waals surface area contributed by atoms with E-state index in [4.69, 9.17) is 11.6 Å². The second-order valence-corrected chi connectivity index (χ2v) is 7.99. The molecule has 160 valence electrons. The fourth-order valence-corrected chi connectivity index (χ4v) is 3.96. The Morgan fingerprint density at radius 3 is 2.81 bits per heavy atom. The molecular formula is C23H22ClFN4O2. The minimum Gasteiger partial charge on any atom is -0.354 e. The fourth-order valence-electron chi connectivity index (χ4n) is 3.74. The number of carbonyl (C=O) groups excluding carboxylic acids is 1. The molecule has 1 aliphatic rings. The van der Waals surface area contributed by atoms with Crippen molar-refractivity contribution in [2.45, 2.75) is 19.4 Å². The minimum absolute atomic E-state index is 0.0249. The van der Waals surface area contributed by atoms with Gasteiger partial charge in [-0.2, -0.15) is 4.68 Å². The van der Waals surface area contributed by atoms with Crippen LogP contribution in [-0.2, 0) is 11.3 Å². The molecular weight excluding hydrogens is 419 g/mol. The first-order chi connectivity index (χ1) is 15.0. The summed E-state index contributed by atoms with van der Waals surface area (Å²) in [5.41, 5.74) is 0.958. The number of aromatic nitrogens is 2. The standard InChI is InChI=1S/C23H22ClFN4O2/c24-18-6-1-4-16(12-18)14-26-23(31)17-5-3-11-28(15-17)21-9-10-22(30)29(27-21)20-8-2-7-19(25)13-20/h1-2,4,6-10,12-13,17H,3,5,11,14-15H2,(H,26,31). The Bertz CT molecular complexity index is 1150. The highest BCUT2D eigenvalue weighted by molar-refractivity contribution is 6.30. The number of nitrogens with one attached hydrogen (secondary N) is 1. The van der Waals surface area contributed by atoms with E-state index in [2.05, 4.69) is 10.4 Å². The third-order valence-corrected chi connectivity index (χ3v) is 5.55. The molecule has 0 radical (unpaired) electrons. The van der Waals surface area contributed by atoms with Crippen LogP contribution in [0, 0.1) is 11.7 Å². The maximum Gasteiger partial charge on any atom is 0.271 e. The highest BCUT2D eigenvalue weighted by Gasteiger charge is 2.26. The van der Waals surface area contributed by atoms with Crippen LogP contribution in [0.5, 0.6) is 0 Å². The summed E-state index contributed by atoms with van der Waals surface area (Å²) in [4.78, 5) is 27.0. The van der Waals surface area contributed by atoms with Crippen LogP contribution in [-0.4, -0.2) is 28.8 Å². The summed E-state index contributed by atoms with van der Waals surface area (Å²) >= 11 is 6.00. The SMILES string of the molecule is O=C(NCc1cccc(Cl)c1)C1CCCN(c2ccc(=O)n(-c3cccc(F)c3)n2)C1. The first-order valence-electron chi connectivity index (χ1n) is 10.1. The van der Waals surface area contributed by atoms with Crippen LogP contribution in [0.25, 0.3) is 5.69 Å². The Balaban J connectivity index is 1.46. The van der Waals surface area contributed by atoms with Gasteiger partial charge in [0.1, 0.15) is 11.6 Å². The fraction of sp³-hybridized carbons (Fsp3) is 0.261. The minimum atomic E-state index is -0.439. The van der Waals surface area contributed by atoms with Gasteiger partial charge in [-0.25, -0.2) is 4.39 Å². The van der Waals surface area contributed by atoms with Crippen molar-refractivity contribution >= 4 is 23.3 Å². The summed E-state index contributed by atoms with van der Waals surface area (Å²) < 4.78 is 14.8. The van der Waals surface area contributed by atoms with E-state index in [0.29, 0.717) is 29.6 Å². The van der Waals surface area contributed by atoms with Crippen LogP contribution in [0.2, 0.25) is 5.02 Å². The molecule has 0 saturated carbocycles. The summed E-state index contributed by atoms with van der Waals surface area (Å²) in [5, 5.41) is 8.03. The van der Waals surface area contributed by atoms with Crippen molar-refractivity contribution in [1.82, 2.24) is 15.1 Å². The van der Waals surface area contributed by atoms with Crippen LogP contribution in [0.3, 0.4) is 0 Å². The molecule has 1 aromatic heterocycles. The van der Waals surface area contributed by atoms with Gasteiger partial charge in [-0.05, 0) is 54.8 Å². The molecule has 1 atom stereocenters. The molecule has 1 fully saturated rings. The molecule has 1 amide bonds. The maximum atomic E-state index is 13.6. The quantitative estimate of drug-likeness (QED) is 0.658. The summed E-state index contributed by atoms with van der Waals surface area (Å²) in [6.07, 6.45) is 1.61. The number of carbonyl (C=O) groups is 1. The Morgan fingerprint density at radius 1 is 1.16 bits per heavy atom. The van der Waals surface area contributed by atoms with E-state index in [9.17, 15) is 14.0 Å². The van der Waals surface area contributed by atoms with Crippen molar-refractivity contribution in [3.8, 4) is 5.69 Å². The van der Waals surface area contributed by atoms with Gasteiger partial charge < -0.3 is 10.2 Å². The second-order valence-electron chi connectivity index (χ2n) is 7.55. The normalized spacial score (nSPS) is 16.2. The number of rotatable bonds is 5. The Morgan fingerprint density at radius 2 is 2.00 bits per heavy atom. The molecule has 2 aromatic carbocycles. The van der Waals surface area contributed by atoms with E-state index in [-0.39, 0.29) is 17.4 Å². The zero-order valence-electron chi connectivity index (χ0n) is 16.8. The average Bonchev–Trinajstić information content (AvgIpc) is 2.78. The van der Waals surface area contributed by atoms with Gasteiger partial charge in [0.25, 0.3) is 5.56 Å². The second kappa shape index (κ2) is 9.31. The number of amides is 1. The van der Waals surface area contributed by atoms with Crippen molar-refractivity contribution < 1.29 is 9.18 Å². The molecule has 8 heteroatoms. The van der Waals surface area contributed by atoms with E-state index in [1.54, 1.807) is 18.2 Å². The van der Waals surface area contributed by atoms with E-state index < -0.39 is 5.82 Å². The Hall–Kier alpha value is -3.19. The van der Waals surface area contributed by atoms with E-state index in [1.165, 1.54) is 28.9 Å². The highest BCUT2D eigenvalue weighted by Crippen LogP contribution is 2.22. The average molecular weight is 441 g/mol. The van der Waals surface area contributed by atoms with Gasteiger partial charge in [0.05, 0.1) is 11.6 Å².